The van der Waals surface area contributed by atoms with Gasteiger partial charge in [-0.2, -0.15) is 0 Å². The molecule has 1 unspecified atom stereocenters. The molecular weight excluding hydrogens is 200 g/mol. The Balaban J connectivity index is 0.000000980. The zero-order valence-corrected chi connectivity index (χ0v) is 8.80. The number of nitrogens with one attached hydrogen (secondary N) is 1. The molecule has 1 atom stereocenters. The van der Waals surface area contributed by atoms with E-state index in [1.54, 1.807) is 6.20 Å². The second-order valence-corrected chi connectivity index (χ2v) is 3.25. The van der Waals surface area contributed by atoms with Crippen molar-refractivity contribution in [1.82, 2.24) is 10.3 Å². The second kappa shape index (κ2) is 5.83. The van der Waals surface area contributed by atoms with E-state index in [1.807, 2.05) is 18.2 Å². The van der Waals surface area contributed by atoms with Gasteiger partial charge in [0, 0.05) is 18.8 Å². The normalized spacial score (nSPS) is 21.0. The van der Waals surface area contributed by atoms with Gasteiger partial charge in [0.25, 0.3) is 0 Å². The van der Waals surface area contributed by atoms with Crippen LogP contribution in [0.2, 0.25) is 0 Å². The van der Waals surface area contributed by atoms with E-state index in [9.17, 15) is 0 Å². The topological polar surface area (TPSA) is 34.1 Å². The Bertz CT molecular complexity index is 250. The highest BCUT2D eigenvalue weighted by atomic mass is 35.5. The van der Waals surface area contributed by atoms with Crippen molar-refractivity contribution in [2.24, 2.45) is 0 Å². The maximum Gasteiger partial charge on any atom is 0.213 e. The van der Waals surface area contributed by atoms with E-state index in [2.05, 4.69) is 10.3 Å². The van der Waals surface area contributed by atoms with Crippen molar-refractivity contribution in [2.45, 2.75) is 18.9 Å². The smallest absolute Gasteiger partial charge is 0.213 e. The summed E-state index contributed by atoms with van der Waals surface area (Å²) in [6.45, 7) is 2.05. The van der Waals surface area contributed by atoms with Gasteiger partial charge >= 0.3 is 0 Å². The van der Waals surface area contributed by atoms with E-state index in [0.717, 1.165) is 25.4 Å². The number of pyridine rings is 1. The first kappa shape index (κ1) is 11.3. The molecular formula is C10H15ClN2O. The quantitative estimate of drug-likeness (QED) is 0.813. The number of hydrogen-bond donors (Lipinski definition) is 1. The molecule has 0 aromatic carbocycles. The molecule has 1 aromatic heterocycles. The van der Waals surface area contributed by atoms with Crippen molar-refractivity contribution in [3.8, 4) is 5.88 Å². The van der Waals surface area contributed by atoms with Gasteiger partial charge in [-0.05, 0) is 25.5 Å². The first-order valence-corrected chi connectivity index (χ1v) is 4.73. The molecule has 1 fully saturated rings. The lowest BCUT2D eigenvalue weighted by Crippen LogP contribution is -2.37. The molecule has 4 heteroatoms. The molecule has 3 nitrogen and oxygen atoms in total. The number of halogens is 1. The highest BCUT2D eigenvalue weighted by Crippen LogP contribution is 2.11. The molecule has 0 amide bonds. The van der Waals surface area contributed by atoms with Gasteiger partial charge in [-0.25, -0.2) is 4.98 Å². The summed E-state index contributed by atoms with van der Waals surface area (Å²) in [7, 11) is 0. The summed E-state index contributed by atoms with van der Waals surface area (Å²) in [6, 6.07) is 5.74. The summed E-state index contributed by atoms with van der Waals surface area (Å²) in [5.41, 5.74) is 0. The highest BCUT2D eigenvalue weighted by Gasteiger charge is 2.14. The zero-order valence-electron chi connectivity index (χ0n) is 7.98. The molecule has 0 bridgehead atoms. The third-order valence-electron chi connectivity index (χ3n) is 2.18. The van der Waals surface area contributed by atoms with Crippen molar-refractivity contribution >= 4 is 12.4 Å². The minimum absolute atomic E-state index is 0. The van der Waals surface area contributed by atoms with Crippen LogP contribution in [0.5, 0.6) is 5.88 Å². The minimum atomic E-state index is 0. The van der Waals surface area contributed by atoms with Gasteiger partial charge in [-0.3, -0.25) is 0 Å². The standard InChI is InChI=1S/C10H14N2O.ClH/c1-2-7-12-10(5-1)13-9-4-3-6-11-8-9;/h1-2,5,7,9,11H,3-4,6,8H2;1H. The van der Waals surface area contributed by atoms with Crippen LogP contribution in [0, 0.1) is 0 Å². The van der Waals surface area contributed by atoms with E-state index >= 15 is 0 Å². The first-order chi connectivity index (χ1) is 6.45. The lowest BCUT2D eigenvalue weighted by molar-refractivity contribution is 0.160. The Morgan fingerprint density at radius 3 is 3.00 bits per heavy atom. The van der Waals surface area contributed by atoms with Gasteiger partial charge in [0.2, 0.25) is 5.88 Å². The summed E-state index contributed by atoms with van der Waals surface area (Å²) >= 11 is 0. The molecule has 0 spiro atoms. The van der Waals surface area contributed by atoms with Crippen molar-refractivity contribution in [3.05, 3.63) is 24.4 Å². The van der Waals surface area contributed by atoms with Crippen molar-refractivity contribution in [2.75, 3.05) is 13.1 Å². The van der Waals surface area contributed by atoms with Crippen molar-refractivity contribution in [1.29, 1.82) is 0 Å². The highest BCUT2D eigenvalue weighted by molar-refractivity contribution is 5.85. The van der Waals surface area contributed by atoms with Gasteiger partial charge in [-0.15, -0.1) is 12.4 Å². The van der Waals surface area contributed by atoms with Crippen LogP contribution in [0.3, 0.4) is 0 Å². The predicted octanol–water partition coefficient (Wildman–Crippen LogP) is 1.63. The van der Waals surface area contributed by atoms with Gasteiger partial charge < -0.3 is 10.1 Å². The molecule has 14 heavy (non-hydrogen) atoms. The number of piperidine rings is 1. The van der Waals surface area contributed by atoms with E-state index in [1.165, 1.54) is 6.42 Å². The van der Waals surface area contributed by atoms with Crippen LogP contribution in [0.1, 0.15) is 12.8 Å². The van der Waals surface area contributed by atoms with E-state index in [0.29, 0.717) is 6.10 Å². The maximum atomic E-state index is 5.68. The Morgan fingerprint density at radius 1 is 1.43 bits per heavy atom. The van der Waals surface area contributed by atoms with E-state index in [-0.39, 0.29) is 12.4 Å². The lowest BCUT2D eigenvalue weighted by Gasteiger charge is -2.23. The van der Waals surface area contributed by atoms with Crippen LogP contribution in [-0.2, 0) is 0 Å². The van der Waals surface area contributed by atoms with Crippen LogP contribution in [0.15, 0.2) is 24.4 Å². The molecule has 0 radical (unpaired) electrons. The molecule has 2 rings (SSSR count). The molecule has 1 aliphatic rings. The SMILES string of the molecule is Cl.c1ccc(OC2CCCNC2)nc1. The molecule has 78 valence electrons. The van der Waals surface area contributed by atoms with Gasteiger partial charge in [-0.1, -0.05) is 6.07 Å². The number of ether oxygens (including phenoxy) is 1. The Kier molecular flexibility index (Phi) is 4.70. The fraction of sp³-hybridized carbons (Fsp3) is 0.500. The average molecular weight is 215 g/mol. The summed E-state index contributed by atoms with van der Waals surface area (Å²) in [6.07, 6.45) is 4.37. The minimum Gasteiger partial charge on any atom is -0.473 e. The van der Waals surface area contributed by atoms with Crippen LogP contribution in [-0.4, -0.2) is 24.2 Å². The number of nitrogens with zero attached hydrogens (tertiary/aromatic N) is 1. The molecule has 2 heterocycles. The van der Waals surface area contributed by atoms with Gasteiger partial charge in [0.05, 0.1) is 0 Å². The Hall–Kier alpha value is -0.800. The van der Waals surface area contributed by atoms with E-state index in [4.69, 9.17) is 4.74 Å². The summed E-state index contributed by atoms with van der Waals surface area (Å²) in [5, 5.41) is 3.30. The fourth-order valence-electron chi connectivity index (χ4n) is 1.51. The molecule has 0 aliphatic carbocycles. The first-order valence-electron chi connectivity index (χ1n) is 4.73. The zero-order chi connectivity index (χ0) is 8.93. The van der Waals surface area contributed by atoms with Crippen LogP contribution in [0.25, 0.3) is 0 Å². The van der Waals surface area contributed by atoms with Gasteiger partial charge in [0.1, 0.15) is 6.10 Å². The summed E-state index contributed by atoms with van der Waals surface area (Å²) in [5.74, 6) is 0.733. The second-order valence-electron chi connectivity index (χ2n) is 3.25. The molecule has 1 aliphatic heterocycles. The van der Waals surface area contributed by atoms with Crippen LogP contribution < -0.4 is 10.1 Å². The lowest BCUT2D eigenvalue weighted by atomic mass is 10.1. The number of aromatic nitrogens is 1. The Labute approximate surface area is 90.3 Å². The number of rotatable bonds is 2. The van der Waals surface area contributed by atoms with Crippen LogP contribution in [0.4, 0.5) is 0 Å². The summed E-state index contributed by atoms with van der Waals surface area (Å²) in [4.78, 5) is 4.12. The van der Waals surface area contributed by atoms with Crippen molar-refractivity contribution < 1.29 is 4.74 Å². The third-order valence-corrected chi connectivity index (χ3v) is 2.18. The molecule has 1 N–H and O–H groups in total. The monoisotopic (exact) mass is 214 g/mol. The predicted molar refractivity (Wildman–Crippen MR) is 58.0 cm³/mol. The maximum absolute atomic E-state index is 5.68. The molecule has 1 aromatic rings. The average Bonchev–Trinajstić information content (AvgIpc) is 2.21. The number of hydrogen-bond acceptors (Lipinski definition) is 3. The third kappa shape index (κ3) is 3.16. The fourth-order valence-corrected chi connectivity index (χ4v) is 1.51. The largest absolute Gasteiger partial charge is 0.473 e. The van der Waals surface area contributed by atoms with E-state index < -0.39 is 0 Å². The van der Waals surface area contributed by atoms with Gasteiger partial charge in [0.15, 0.2) is 0 Å². The van der Waals surface area contributed by atoms with Crippen LogP contribution >= 0.6 is 12.4 Å². The Morgan fingerprint density at radius 2 is 2.36 bits per heavy atom. The molecule has 1 saturated heterocycles. The van der Waals surface area contributed by atoms with Crippen molar-refractivity contribution in [3.63, 3.8) is 0 Å². The summed E-state index contributed by atoms with van der Waals surface area (Å²) < 4.78 is 5.68. The molecule has 0 saturated carbocycles.